The maximum Gasteiger partial charge on any atom is 0.220 e. The number of unbranched alkanes of at least 4 members (excludes halogenated alkanes) is 1. The quantitative estimate of drug-likeness (QED) is 0.656. The lowest BCUT2D eigenvalue weighted by atomic mass is 10.0. The van der Waals surface area contributed by atoms with Gasteiger partial charge in [0.15, 0.2) is 0 Å². The SMILES string of the molecule is CCCCC(=O)NC(CCCl)C(C)C. The van der Waals surface area contributed by atoms with Gasteiger partial charge in [0.2, 0.25) is 5.91 Å². The van der Waals surface area contributed by atoms with Gasteiger partial charge in [0.25, 0.3) is 0 Å². The van der Waals surface area contributed by atoms with Gasteiger partial charge in [-0.25, -0.2) is 0 Å². The minimum absolute atomic E-state index is 0.163. The molecule has 0 saturated carbocycles. The van der Waals surface area contributed by atoms with Crippen LogP contribution in [0.4, 0.5) is 0 Å². The molecule has 0 bridgehead atoms. The predicted octanol–water partition coefficient (Wildman–Crippen LogP) is 2.95. The summed E-state index contributed by atoms with van der Waals surface area (Å²) in [6, 6.07) is 0.233. The van der Waals surface area contributed by atoms with E-state index in [1.807, 2.05) is 0 Å². The Morgan fingerprint density at radius 2 is 2.07 bits per heavy atom. The molecule has 0 aliphatic carbocycles. The van der Waals surface area contributed by atoms with Crippen molar-refractivity contribution in [3.8, 4) is 0 Å². The number of carbonyl (C=O) groups excluding carboxylic acids is 1. The molecular formula is C11H22ClNO. The van der Waals surface area contributed by atoms with E-state index in [0.717, 1.165) is 19.3 Å². The lowest BCUT2D eigenvalue weighted by Gasteiger charge is -2.21. The zero-order valence-corrected chi connectivity index (χ0v) is 10.2. The van der Waals surface area contributed by atoms with Crippen LogP contribution < -0.4 is 5.32 Å². The van der Waals surface area contributed by atoms with E-state index < -0.39 is 0 Å². The van der Waals surface area contributed by atoms with E-state index in [1.165, 1.54) is 0 Å². The van der Waals surface area contributed by atoms with Crippen LogP contribution in [0.1, 0.15) is 46.5 Å². The van der Waals surface area contributed by atoms with Crippen molar-refractivity contribution in [1.29, 1.82) is 0 Å². The molecule has 84 valence electrons. The molecule has 0 spiro atoms. The van der Waals surface area contributed by atoms with E-state index in [-0.39, 0.29) is 11.9 Å². The van der Waals surface area contributed by atoms with Crippen LogP contribution in [0.15, 0.2) is 0 Å². The number of hydrogen-bond donors (Lipinski definition) is 1. The molecule has 2 nitrogen and oxygen atoms in total. The predicted molar refractivity (Wildman–Crippen MR) is 61.6 cm³/mol. The molecule has 0 fully saturated rings. The van der Waals surface area contributed by atoms with Gasteiger partial charge in [-0.3, -0.25) is 4.79 Å². The average Bonchev–Trinajstić information content (AvgIpc) is 2.14. The summed E-state index contributed by atoms with van der Waals surface area (Å²) in [6.45, 7) is 6.31. The summed E-state index contributed by atoms with van der Waals surface area (Å²) in [5, 5.41) is 3.03. The van der Waals surface area contributed by atoms with Gasteiger partial charge in [-0.05, 0) is 18.8 Å². The van der Waals surface area contributed by atoms with Crippen molar-refractivity contribution in [2.75, 3.05) is 5.88 Å². The average molecular weight is 220 g/mol. The molecule has 1 atom stereocenters. The highest BCUT2D eigenvalue weighted by Crippen LogP contribution is 2.07. The minimum atomic E-state index is 0.163. The number of halogens is 1. The van der Waals surface area contributed by atoms with Gasteiger partial charge in [-0.1, -0.05) is 27.2 Å². The molecular weight excluding hydrogens is 198 g/mol. The molecule has 1 unspecified atom stereocenters. The van der Waals surface area contributed by atoms with Gasteiger partial charge in [0.05, 0.1) is 0 Å². The number of alkyl halides is 1. The molecule has 1 amide bonds. The minimum Gasteiger partial charge on any atom is -0.353 e. The Kier molecular flexibility index (Phi) is 7.96. The van der Waals surface area contributed by atoms with E-state index in [9.17, 15) is 4.79 Å². The Hall–Kier alpha value is -0.240. The lowest BCUT2D eigenvalue weighted by molar-refractivity contribution is -0.122. The van der Waals surface area contributed by atoms with Crippen LogP contribution in [0.3, 0.4) is 0 Å². The van der Waals surface area contributed by atoms with Gasteiger partial charge < -0.3 is 5.32 Å². The Labute approximate surface area is 92.4 Å². The van der Waals surface area contributed by atoms with Crippen LogP contribution in [0, 0.1) is 5.92 Å². The monoisotopic (exact) mass is 219 g/mol. The van der Waals surface area contributed by atoms with Gasteiger partial charge in [0.1, 0.15) is 0 Å². The third-order valence-electron chi connectivity index (χ3n) is 2.33. The highest BCUT2D eigenvalue weighted by Gasteiger charge is 2.14. The summed E-state index contributed by atoms with van der Waals surface area (Å²) in [4.78, 5) is 11.4. The highest BCUT2D eigenvalue weighted by atomic mass is 35.5. The second kappa shape index (κ2) is 8.10. The summed E-state index contributed by atoms with van der Waals surface area (Å²) in [7, 11) is 0. The van der Waals surface area contributed by atoms with Crippen LogP contribution in [0.5, 0.6) is 0 Å². The Morgan fingerprint density at radius 3 is 2.50 bits per heavy atom. The fourth-order valence-electron chi connectivity index (χ4n) is 1.31. The Bertz CT molecular complexity index is 159. The molecule has 14 heavy (non-hydrogen) atoms. The van der Waals surface area contributed by atoms with Crippen molar-refractivity contribution in [3.63, 3.8) is 0 Å². The maximum absolute atomic E-state index is 11.4. The van der Waals surface area contributed by atoms with Crippen LogP contribution >= 0.6 is 11.6 Å². The van der Waals surface area contributed by atoms with Crippen molar-refractivity contribution in [3.05, 3.63) is 0 Å². The van der Waals surface area contributed by atoms with Crippen molar-refractivity contribution < 1.29 is 4.79 Å². The van der Waals surface area contributed by atoms with Crippen LogP contribution in [0.2, 0.25) is 0 Å². The standard InChI is InChI=1S/C11H22ClNO/c1-4-5-6-11(14)13-10(7-8-12)9(2)3/h9-10H,4-8H2,1-3H3,(H,13,14). The number of amides is 1. The molecule has 0 radical (unpaired) electrons. The molecule has 0 heterocycles. The fraction of sp³-hybridized carbons (Fsp3) is 0.909. The lowest BCUT2D eigenvalue weighted by Crippen LogP contribution is -2.38. The summed E-state index contributed by atoms with van der Waals surface area (Å²) < 4.78 is 0. The number of nitrogens with one attached hydrogen (secondary N) is 1. The molecule has 0 aliphatic rings. The third-order valence-corrected chi connectivity index (χ3v) is 2.55. The largest absolute Gasteiger partial charge is 0.353 e. The van der Waals surface area contributed by atoms with Gasteiger partial charge in [-0.15, -0.1) is 11.6 Å². The maximum atomic E-state index is 11.4. The normalized spacial score (nSPS) is 12.9. The molecule has 0 aromatic carbocycles. The second-order valence-corrected chi connectivity index (χ2v) is 4.38. The molecule has 3 heteroatoms. The first kappa shape index (κ1) is 13.8. The molecule has 0 rings (SSSR count). The summed E-state index contributed by atoms with van der Waals surface area (Å²) in [5.41, 5.74) is 0. The van der Waals surface area contributed by atoms with E-state index >= 15 is 0 Å². The van der Waals surface area contributed by atoms with Crippen molar-refractivity contribution in [2.45, 2.75) is 52.5 Å². The van der Waals surface area contributed by atoms with Crippen molar-refractivity contribution in [2.24, 2.45) is 5.92 Å². The molecule has 0 saturated heterocycles. The smallest absolute Gasteiger partial charge is 0.220 e. The van der Waals surface area contributed by atoms with E-state index in [4.69, 9.17) is 11.6 Å². The fourth-order valence-corrected chi connectivity index (χ4v) is 1.54. The first-order valence-electron chi connectivity index (χ1n) is 5.47. The van der Waals surface area contributed by atoms with Gasteiger partial charge in [-0.2, -0.15) is 0 Å². The first-order valence-corrected chi connectivity index (χ1v) is 6.00. The van der Waals surface area contributed by atoms with E-state index in [2.05, 4.69) is 26.1 Å². The number of hydrogen-bond acceptors (Lipinski definition) is 1. The Balaban J connectivity index is 3.83. The summed E-state index contributed by atoms with van der Waals surface area (Å²) in [5.74, 6) is 1.23. The molecule has 0 aliphatic heterocycles. The molecule has 0 aromatic heterocycles. The van der Waals surface area contributed by atoms with Crippen LogP contribution in [-0.4, -0.2) is 17.8 Å². The topological polar surface area (TPSA) is 29.1 Å². The van der Waals surface area contributed by atoms with Crippen LogP contribution in [0.25, 0.3) is 0 Å². The zero-order chi connectivity index (χ0) is 11.0. The second-order valence-electron chi connectivity index (χ2n) is 4.00. The zero-order valence-electron chi connectivity index (χ0n) is 9.48. The van der Waals surface area contributed by atoms with Crippen molar-refractivity contribution in [1.82, 2.24) is 5.32 Å². The van der Waals surface area contributed by atoms with Crippen molar-refractivity contribution >= 4 is 17.5 Å². The summed E-state index contributed by atoms with van der Waals surface area (Å²) in [6.07, 6.45) is 3.53. The highest BCUT2D eigenvalue weighted by molar-refractivity contribution is 6.17. The van der Waals surface area contributed by atoms with Gasteiger partial charge >= 0.3 is 0 Å². The number of rotatable bonds is 7. The Morgan fingerprint density at radius 1 is 1.43 bits per heavy atom. The van der Waals surface area contributed by atoms with Gasteiger partial charge in [0, 0.05) is 18.3 Å². The molecule has 0 aromatic rings. The third kappa shape index (κ3) is 6.25. The first-order chi connectivity index (χ1) is 6.61. The molecule has 1 N–H and O–H groups in total. The van der Waals surface area contributed by atoms with Crippen LogP contribution in [-0.2, 0) is 4.79 Å². The summed E-state index contributed by atoms with van der Waals surface area (Å²) >= 11 is 5.68. The van der Waals surface area contributed by atoms with E-state index in [1.54, 1.807) is 0 Å². The number of carbonyl (C=O) groups is 1. The van der Waals surface area contributed by atoms with E-state index in [0.29, 0.717) is 18.2 Å².